The van der Waals surface area contributed by atoms with Crippen LogP contribution in [0.5, 0.6) is 5.75 Å². The van der Waals surface area contributed by atoms with Crippen molar-refractivity contribution in [2.75, 3.05) is 0 Å². The molecular weight excluding hydrogens is 1060 g/mol. The Morgan fingerprint density at radius 1 is 0.431 bits per heavy atom. The number of pyridine rings is 1. The molecule has 0 radical (unpaired) electrons. The Bertz CT molecular complexity index is 3710. The van der Waals surface area contributed by atoms with Gasteiger partial charge in [0.25, 0.3) is 0 Å². The van der Waals surface area contributed by atoms with Crippen LogP contribution in [0.3, 0.4) is 0 Å². The summed E-state index contributed by atoms with van der Waals surface area (Å²) in [6.07, 6.45) is 1.91. The molecule has 0 aliphatic carbocycles. The zero-order valence-electron chi connectivity index (χ0n) is 41.0. The minimum atomic E-state index is -0.184. The van der Waals surface area contributed by atoms with E-state index in [4.69, 9.17) is 9.97 Å². The maximum Gasteiger partial charge on any atom is 0.148 e. The van der Waals surface area contributed by atoms with E-state index in [0.29, 0.717) is 11.4 Å². The molecule has 0 amide bonds. The Balaban J connectivity index is 0.00000596. The molecule has 72 heavy (non-hydrogen) atoms. The van der Waals surface area contributed by atoms with Crippen LogP contribution in [0.25, 0.3) is 95.0 Å². The van der Waals surface area contributed by atoms with Crippen molar-refractivity contribution in [1.29, 1.82) is 0 Å². The standard InChI is InChI=1S/C67H54N3O.Pt/c1-66(2,3)54-35-36-61(59(44-54)47-25-14-8-15-26-47)70-62-34-20-31-56(63(62)69-65(70)58-33-19-32-57(64(58)71)46-23-12-7-13-24-46)51-39-50(45-21-10-6-11-22-45)40-52(41-51)60-43-49(37-38-68-60)48-27-18-30-55(42-48)67(4,5)53-28-16-9-17-29-53;/h6-40,42-44,71H,1-5H3;/q-1;. The number of rotatable bonds is 10. The summed E-state index contributed by atoms with van der Waals surface area (Å²) < 4.78 is 2.23. The summed E-state index contributed by atoms with van der Waals surface area (Å²) in [7, 11) is 0. The average Bonchev–Trinajstić information content (AvgIpc) is 3.81. The minimum absolute atomic E-state index is 0. The van der Waals surface area contributed by atoms with Gasteiger partial charge in [-0.1, -0.05) is 233 Å². The molecule has 0 saturated heterocycles. The zero-order chi connectivity index (χ0) is 48.7. The number of hydrogen-bond acceptors (Lipinski definition) is 3. The van der Waals surface area contributed by atoms with Gasteiger partial charge in [-0.15, -0.1) is 23.8 Å². The molecule has 0 fully saturated rings. The molecule has 0 saturated carbocycles. The van der Waals surface area contributed by atoms with E-state index in [9.17, 15) is 5.11 Å². The largest absolute Gasteiger partial charge is 0.507 e. The third kappa shape index (κ3) is 9.15. The fraction of sp³-hybridized carbons (Fsp3) is 0.104. The third-order valence-corrected chi connectivity index (χ3v) is 14.0. The van der Waals surface area contributed by atoms with E-state index < -0.39 is 0 Å². The van der Waals surface area contributed by atoms with Crippen molar-refractivity contribution in [2.24, 2.45) is 0 Å². The van der Waals surface area contributed by atoms with E-state index in [0.717, 1.165) is 83.6 Å². The van der Waals surface area contributed by atoms with Crippen LogP contribution < -0.4 is 0 Å². The van der Waals surface area contributed by atoms with Crippen molar-refractivity contribution in [2.45, 2.75) is 45.4 Å². The van der Waals surface area contributed by atoms with Crippen molar-refractivity contribution in [3.05, 3.63) is 253 Å². The van der Waals surface area contributed by atoms with E-state index in [2.05, 4.69) is 215 Å². The first kappa shape index (κ1) is 47.8. The molecule has 0 bridgehead atoms. The Morgan fingerprint density at radius 3 is 1.68 bits per heavy atom. The molecule has 9 aromatic carbocycles. The predicted octanol–water partition coefficient (Wildman–Crippen LogP) is 17.2. The molecule has 11 rings (SSSR count). The molecule has 5 heteroatoms. The number of hydrogen-bond donors (Lipinski definition) is 1. The zero-order valence-corrected chi connectivity index (χ0v) is 43.3. The Kier molecular flexibility index (Phi) is 13.1. The van der Waals surface area contributed by atoms with Gasteiger partial charge in [-0.2, -0.15) is 0 Å². The second kappa shape index (κ2) is 19.7. The van der Waals surface area contributed by atoms with Gasteiger partial charge in [0, 0.05) is 49.5 Å². The summed E-state index contributed by atoms with van der Waals surface area (Å²) in [6, 6.07) is 82.3. The topological polar surface area (TPSA) is 50.9 Å². The minimum Gasteiger partial charge on any atom is -0.507 e. The second-order valence-electron chi connectivity index (χ2n) is 19.9. The van der Waals surface area contributed by atoms with E-state index >= 15 is 0 Å². The van der Waals surface area contributed by atoms with Crippen LogP contribution in [0, 0.1) is 6.07 Å². The normalized spacial score (nSPS) is 11.6. The number of phenolic OH excluding ortho intramolecular Hbond substituents is 1. The average molecular weight is 1110 g/mol. The van der Waals surface area contributed by atoms with Crippen molar-refractivity contribution < 1.29 is 26.2 Å². The van der Waals surface area contributed by atoms with E-state index in [1.54, 1.807) is 0 Å². The number of fused-ring (bicyclic) bond motifs is 1. The van der Waals surface area contributed by atoms with Gasteiger partial charge < -0.3 is 5.11 Å². The van der Waals surface area contributed by atoms with Crippen molar-refractivity contribution in [1.82, 2.24) is 14.5 Å². The van der Waals surface area contributed by atoms with Gasteiger partial charge in [0.05, 0.1) is 22.3 Å². The Hall–Kier alpha value is -7.91. The van der Waals surface area contributed by atoms with Crippen LogP contribution in [0.4, 0.5) is 0 Å². The quantitative estimate of drug-likeness (QED) is 0.139. The first-order valence-electron chi connectivity index (χ1n) is 24.4. The van der Waals surface area contributed by atoms with Crippen molar-refractivity contribution >= 4 is 11.0 Å². The number of aromatic hydroxyl groups is 1. The molecular formula is C67H54N3OPt-. The maximum atomic E-state index is 12.4. The summed E-state index contributed by atoms with van der Waals surface area (Å²) in [5, 5.41) is 12.4. The molecule has 1 N–H and O–H groups in total. The van der Waals surface area contributed by atoms with Crippen LogP contribution in [0.15, 0.2) is 231 Å². The van der Waals surface area contributed by atoms with E-state index in [1.165, 1.54) is 16.7 Å². The smallest absolute Gasteiger partial charge is 0.148 e. The number of imidazole rings is 1. The number of phenols is 1. The van der Waals surface area contributed by atoms with Gasteiger partial charge in [-0.3, -0.25) is 9.55 Å². The molecule has 354 valence electrons. The van der Waals surface area contributed by atoms with Crippen LogP contribution in [0.2, 0.25) is 0 Å². The molecule has 0 spiro atoms. The monoisotopic (exact) mass is 1110 g/mol. The summed E-state index contributed by atoms with van der Waals surface area (Å²) in [5.41, 5.74) is 18.4. The number of aromatic nitrogens is 3. The van der Waals surface area contributed by atoms with Gasteiger partial charge in [0.15, 0.2) is 0 Å². The summed E-state index contributed by atoms with van der Waals surface area (Å²) in [6.45, 7) is 11.3. The van der Waals surface area contributed by atoms with Crippen molar-refractivity contribution in [3.8, 4) is 89.7 Å². The Morgan fingerprint density at radius 2 is 0.986 bits per heavy atom. The van der Waals surface area contributed by atoms with Crippen LogP contribution in [-0.4, -0.2) is 19.6 Å². The molecule has 0 aliphatic heterocycles. The predicted molar refractivity (Wildman–Crippen MR) is 295 cm³/mol. The number of nitrogens with zero attached hydrogens (tertiary/aromatic N) is 3. The number of benzene rings is 9. The van der Waals surface area contributed by atoms with Gasteiger partial charge in [0.2, 0.25) is 0 Å². The Labute approximate surface area is 437 Å². The van der Waals surface area contributed by atoms with Crippen LogP contribution >= 0.6 is 0 Å². The molecule has 0 unspecified atom stereocenters. The molecule has 2 aromatic heterocycles. The molecule has 0 aliphatic rings. The van der Waals surface area contributed by atoms with E-state index in [-0.39, 0.29) is 37.6 Å². The molecule has 0 atom stereocenters. The second-order valence-corrected chi connectivity index (χ2v) is 19.9. The fourth-order valence-corrected chi connectivity index (χ4v) is 9.88. The van der Waals surface area contributed by atoms with Gasteiger partial charge >= 0.3 is 0 Å². The molecule has 11 aromatic rings. The molecule has 4 nitrogen and oxygen atoms in total. The van der Waals surface area contributed by atoms with Crippen LogP contribution in [0.1, 0.15) is 51.3 Å². The number of para-hydroxylation sites is 2. The summed E-state index contributed by atoms with van der Waals surface area (Å²) in [5.74, 6) is 0.805. The third-order valence-electron chi connectivity index (χ3n) is 14.0. The van der Waals surface area contributed by atoms with Crippen LogP contribution in [-0.2, 0) is 31.9 Å². The van der Waals surface area contributed by atoms with Gasteiger partial charge in [0.1, 0.15) is 11.6 Å². The van der Waals surface area contributed by atoms with Crippen molar-refractivity contribution in [3.63, 3.8) is 0 Å². The fourth-order valence-electron chi connectivity index (χ4n) is 9.88. The first-order valence-corrected chi connectivity index (χ1v) is 24.4. The maximum absolute atomic E-state index is 12.4. The van der Waals surface area contributed by atoms with Gasteiger partial charge in [-0.05, 0) is 80.3 Å². The SMILES string of the molecule is CC(C)(C)c1ccc(-n2c(-c3cccc(-c4ccccc4)c3O)nc3c(-c4[c-]c(-c5cc(-c6cccc(C(C)(C)c7ccccc7)c6)ccn5)cc(-c5ccccc5)c4)cccc32)c(-c2ccccc2)c1.[Pt]. The van der Waals surface area contributed by atoms with Gasteiger partial charge in [-0.25, -0.2) is 4.98 Å². The summed E-state index contributed by atoms with van der Waals surface area (Å²) >= 11 is 0. The first-order chi connectivity index (χ1) is 34.5. The summed E-state index contributed by atoms with van der Waals surface area (Å²) in [4.78, 5) is 10.6. The molecule has 2 heterocycles. The van der Waals surface area contributed by atoms with E-state index in [1.807, 2.05) is 60.8 Å².